The van der Waals surface area contributed by atoms with Crippen molar-refractivity contribution >= 4 is 11.8 Å². The van der Waals surface area contributed by atoms with Crippen LogP contribution in [0.2, 0.25) is 0 Å². The Kier molecular flexibility index (Phi) is 4.80. The number of aliphatic hydroxyl groups is 1. The summed E-state index contributed by atoms with van der Waals surface area (Å²) in [6, 6.07) is 0. The zero-order chi connectivity index (χ0) is 19.3. The predicted molar refractivity (Wildman–Crippen MR) is 97.3 cm³/mol. The van der Waals surface area contributed by atoms with Gasteiger partial charge in [0.1, 0.15) is 5.57 Å². The number of allylic oxidation sites excluding steroid dienone is 1. The Hall–Kier alpha value is -1.62. The maximum Gasteiger partial charge on any atom is 0.348 e. The van der Waals surface area contributed by atoms with Gasteiger partial charge in [0.25, 0.3) is 6.29 Å². The summed E-state index contributed by atoms with van der Waals surface area (Å²) in [5, 5.41) is 10.2. The minimum atomic E-state index is -1.17. The number of rotatable bonds is 4. The smallest absolute Gasteiger partial charge is 0.348 e. The van der Waals surface area contributed by atoms with E-state index in [4.69, 9.17) is 9.47 Å². The molecule has 0 radical (unpaired) electrons. The number of aliphatic hydroxyl groups excluding tert-OH is 1. The van der Waals surface area contributed by atoms with Gasteiger partial charge >= 0.3 is 5.97 Å². The molecule has 0 amide bonds. The summed E-state index contributed by atoms with van der Waals surface area (Å²) >= 11 is 0. The molecular weight excluding hydrogens is 332 g/mol. The van der Waals surface area contributed by atoms with Crippen LogP contribution >= 0.6 is 0 Å². The molecule has 144 valence electrons. The first-order chi connectivity index (χ1) is 12.1. The number of carbonyl (C=O) groups is 2. The van der Waals surface area contributed by atoms with E-state index in [9.17, 15) is 14.7 Å². The number of methoxy groups -OCH3 is 1. The summed E-state index contributed by atoms with van der Waals surface area (Å²) < 4.78 is 9.84. The molecule has 0 aromatic rings. The van der Waals surface area contributed by atoms with Crippen LogP contribution in [0.3, 0.4) is 0 Å². The van der Waals surface area contributed by atoms with Gasteiger partial charge in [-0.15, -0.1) is 0 Å². The highest BCUT2D eigenvalue weighted by Crippen LogP contribution is 2.62. The molecule has 0 aromatic carbocycles. The first-order valence-corrected chi connectivity index (χ1v) is 9.53. The maximum absolute atomic E-state index is 13.0. The van der Waals surface area contributed by atoms with Gasteiger partial charge in [0.15, 0.2) is 11.5 Å². The van der Waals surface area contributed by atoms with Crippen molar-refractivity contribution in [2.45, 2.75) is 65.6 Å². The van der Waals surface area contributed by atoms with E-state index in [0.29, 0.717) is 11.8 Å². The van der Waals surface area contributed by atoms with E-state index >= 15 is 0 Å². The average molecular weight is 362 g/mol. The molecule has 0 spiro atoms. The predicted octanol–water partition coefficient (Wildman–Crippen LogP) is 4.09. The lowest BCUT2D eigenvalue weighted by atomic mass is 9.46. The second kappa shape index (κ2) is 6.52. The number of Topliss-reactive ketones (excluding diaryl/α,β-unsaturated/α-hetero) is 1. The molecule has 1 heterocycles. The van der Waals surface area contributed by atoms with Crippen molar-refractivity contribution in [3.63, 3.8) is 0 Å². The number of ether oxygens (including phenoxy) is 2. The highest BCUT2D eigenvalue weighted by atomic mass is 16.7. The van der Waals surface area contributed by atoms with Gasteiger partial charge in [-0.3, -0.25) is 4.79 Å². The van der Waals surface area contributed by atoms with Crippen LogP contribution in [0.25, 0.3) is 0 Å². The van der Waals surface area contributed by atoms with Gasteiger partial charge < -0.3 is 14.6 Å². The van der Waals surface area contributed by atoms with Crippen LogP contribution in [0.5, 0.6) is 0 Å². The molecule has 26 heavy (non-hydrogen) atoms. The van der Waals surface area contributed by atoms with Gasteiger partial charge in [-0.2, -0.15) is 0 Å². The molecule has 0 aromatic heterocycles. The zero-order valence-electron chi connectivity index (χ0n) is 16.3. The van der Waals surface area contributed by atoms with Crippen molar-refractivity contribution < 1.29 is 24.2 Å². The fraction of sp³-hybridized carbons (Fsp3) is 0.714. The molecule has 3 rings (SSSR count). The lowest BCUT2D eigenvalue weighted by molar-refractivity contribution is -0.159. The fourth-order valence-corrected chi connectivity index (χ4v) is 5.55. The quantitative estimate of drug-likeness (QED) is 0.463. The molecule has 2 saturated carbocycles. The van der Waals surface area contributed by atoms with E-state index in [1.165, 1.54) is 12.7 Å². The van der Waals surface area contributed by atoms with Gasteiger partial charge in [-0.25, -0.2) is 4.79 Å². The van der Waals surface area contributed by atoms with E-state index < -0.39 is 18.0 Å². The van der Waals surface area contributed by atoms with Crippen LogP contribution in [0, 0.1) is 22.7 Å². The summed E-state index contributed by atoms with van der Waals surface area (Å²) in [5.41, 5.74) is 0.849. The van der Waals surface area contributed by atoms with Crippen LogP contribution in [0.4, 0.5) is 0 Å². The van der Waals surface area contributed by atoms with E-state index in [-0.39, 0.29) is 28.6 Å². The molecule has 1 aliphatic heterocycles. The van der Waals surface area contributed by atoms with Crippen molar-refractivity contribution in [3.05, 3.63) is 23.5 Å². The van der Waals surface area contributed by atoms with E-state index in [1.54, 1.807) is 0 Å². The minimum Gasteiger partial charge on any atom is -0.505 e. The van der Waals surface area contributed by atoms with Crippen molar-refractivity contribution in [1.82, 2.24) is 0 Å². The van der Waals surface area contributed by atoms with Crippen LogP contribution in [-0.2, 0) is 19.1 Å². The van der Waals surface area contributed by atoms with Crippen LogP contribution in [0.1, 0.15) is 59.3 Å². The third kappa shape index (κ3) is 2.72. The molecule has 0 bridgehead atoms. The monoisotopic (exact) mass is 362 g/mol. The average Bonchev–Trinajstić information content (AvgIpc) is 2.87. The van der Waals surface area contributed by atoms with Crippen LogP contribution in [0.15, 0.2) is 23.5 Å². The van der Waals surface area contributed by atoms with Crippen molar-refractivity contribution in [2.75, 3.05) is 7.11 Å². The molecule has 5 heteroatoms. The SMILES string of the molecule is C=C1CCC[C@H]2[C@](C)(CC(=O)C3=C(O)C(OC)OC3=O)[C@@H](C)CC[C@]12C. The molecule has 5 nitrogen and oxygen atoms in total. The molecule has 0 saturated heterocycles. The molecule has 3 aliphatic rings. The molecular formula is C21H30O5. The summed E-state index contributed by atoms with van der Waals surface area (Å²) in [7, 11) is 1.32. The molecule has 1 unspecified atom stereocenters. The molecule has 1 N–H and O–H groups in total. The van der Waals surface area contributed by atoms with Crippen molar-refractivity contribution in [2.24, 2.45) is 22.7 Å². The van der Waals surface area contributed by atoms with E-state index in [2.05, 4.69) is 27.4 Å². The van der Waals surface area contributed by atoms with Gasteiger partial charge in [-0.05, 0) is 54.8 Å². The number of hydrogen-bond acceptors (Lipinski definition) is 5. The molecule has 5 atom stereocenters. The molecule has 2 aliphatic carbocycles. The highest BCUT2D eigenvalue weighted by Gasteiger charge is 2.55. The number of carbonyl (C=O) groups excluding carboxylic acids is 2. The number of cyclic esters (lactones) is 1. The first-order valence-electron chi connectivity index (χ1n) is 9.53. The second-order valence-electron chi connectivity index (χ2n) is 8.74. The van der Waals surface area contributed by atoms with E-state index in [0.717, 1.165) is 32.1 Å². The van der Waals surface area contributed by atoms with Crippen LogP contribution < -0.4 is 0 Å². The lowest BCUT2D eigenvalue weighted by Crippen LogP contribution is -2.51. The topological polar surface area (TPSA) is 72.8 Å². The number of ketones is 1. The second-order valence-corrected chi connectivity index (χ2v) is 8.74. The third-order valence-corrected chi connectivity index (χ3v) is 7.50. The molecule has 2 fully saturated rings. The first kappa shape index (κ1) is 19.2. The number of hydrogen-bond donors (Lipinski definition) is 1. The van der Waals surface area contributed by atoms with Crippen molar-refractivity contribution in [1.29, 1.82) is 0 Å². The Labute approximate surface area is 155 Å². The van der Waals surface area contributed by atoms with Gasteiger partial charge in [0.05, 0.1) is 0 Å². The van der Waals surface area contributed by atoms with Gasteiger partial charge in [0, 0.05) is 13.5 Å². The standard InChI is InChI=1S/C21H30O5/c1-12-7-6-8-15-20(12,3)10-9-13(2)21(15,4)11-14(22)16-17(23)19(25-5)26-18(16)24/h13,15,19,23H,1,6-11H2,2-5H3/t13-,15+,19?,20+,21+/m0/s1. The van der Waals surface area contributed by atoms with E-state index in [1.807, 2.05) is 0 Å². The summed E-state index contributed by atoms with van der Waals surface area (Å²) in [5.74, 6) is -0.828. The zero-order valence-corrected chi connectivity index (χ0v) is 16.3. The third-order valence-electron chi connectivity index (χ3n) is 7.50. The number of esters is 1. The summed E-state index contributed by atoms with van der Waals surface area (Å²) in [6.45, 7) is 11.0. The maximum atomic E-state index is 13.0. The Morgan fingerprint density at radius 2 is 2.08 bits per heavy atom. The normalized spacial score (nSPS) is 40.4. The Morgan fingerprint density at radius 1 is 1.38 bits per heavy atom. The Balaban J connectivity index is 1.91. The summed E-state index contributed by atoms with van der Waals surface area (Å²) in [4.78, 5) is 25.1. The minimum absolute atomic E-state index is 0.0431. The van der Waals surface area contributed by atoms with Gasteiger partial charge in [0.2, 0.25) is 0 Å². The Bertz CT molecular complexity index is 678. The van der Waals surface area contributed by atoms with Crippen molar-refractivity contribution in [3.8, 4) is 0 Å². The number of fused-ring (bicyclic) bond motifs is 1. The Morgan fingerprint density at radius 3 is 2.69 bits per heavy atom. The summed E-state index contributed by atoms with van der Waals surface area (Å²) in [6.07, 6.45) is 4.41. The van der Waals surface area contributed by atoms with Gasteiger partial charge in [-0.1, -0.05) is 32.9 Å². The largest absolute Gasteiger partial charge is 0.505 e. The fourth-order valence-electron chi connectivity index (χ4n) is 5.55. The van der Waals surface area contributed by atoms with Crippen LogP contribution in [-0.4, -0.2) is 30.3 Å². The highest BCUT2D eigenvalue weighted by molar-refractivity contribution is 6.19. The lowest BCUT2D eigenvalue weighted by Gasteiger charge is -2.58.